The molecule has 1 unspecified atom stereocenters. The van der Waals surface area contributed by atoms with Gasteiger partial charge in [0.25, 0.3) is 0 Å². The normalized spacial score (nSPS) is 16.0. The van der Waals surface area contributed by atoms with E-state index in [2.05, 4.69) is 49.9 Å². The summed E-state index contributed by atoms with van der Waals surface area (Å²) < 4.78 is 0. The van der Waals surface area contributed by atoms with Crippen LogP contribution in [0.3, 0.4) is 0 Å². The highest BCUT2D eigenvalue weighted by Crippen LogP contribution is 2.25. The van der Waals surface area contributed by atoms with Gasteiger partial charge in [-0.25, -0.2) is 0 Å². The van der Waals surface area contributed by atoms with Gasteiger partial charge in [0.15, 0.2) is 0 Å². The number of unbranched alkanes of at least 4 members (excludes halogenated alkanes) is 19. The van der Waals surface area contributed by atoms with Crippen LogP contribution in [0.1, 0.15) is 169 Å². The van der Waals surface area contributed by atoms with Crippen molar-refractivity contribution in [3.63, 3.8) is 0 Å². The van der Waals surface area contributed by atoms with E-state index in [1.807, 2.05) is 0 Å². The summed E-state index contributed by atoms with van der Waals surface area (Å²) in [4.78, 5) is 5.25. The van der Waals surface area contributed by atoms with Gasteiger partial charge in [-0.15, -0.1) is 0 Å². The summed E-state index contributed by atoms with van der Waals surface area (Å²) in [5, 5.41) is 0. The lowest BCUT2D eigenvalue weighted by molar-refractivity contribution is 0.114. The Balaban J connectivity index is 2.04. The second-order valence-electron chi connectivity index (χ2n) is 11.1. The van der Waals surface area contributed by atoms with Crippen molar-refractivity contribution in [3.8, 4) is 0 Å². The van der Waals surface area contributed by atoms with Crippen LogP contribution in [-0.4, -0.2) is 28.6 Å². The first-order valence-corrected chi connectivity index (χ1v) is 15.4. The minimum Gasteiger partial charge on any atom is -0.356 e. The van der Waals surface area contributed by atoms with E-state index in [-0.39, 0.29) is 0 Å². The molecular weight excluding hydrogens is 400 g/mol. The summed E-state index contributed by atoms with van der Waals surface area (Å²) >= 11 is 0. The smallest absolute Gasteiger partial charge is 0.101 e. The van der Waals surface area contributed by atoms with Crippen LogP contribution >= 0.6 is 0 Å². The first kappa shape index (κ1) is 30.4. The van der Waals surface area contributed by atoms with Crippen molar-refractivity contribution in [3.05, 3.63) is 12.4 Å². The van der Waals surface area contributed by atoms with Gasteiger partial charge >= 0.3 is 0 Å². The molecule has 0 amide bonds. The predicted octanol–water partition coefficient (Wildman–Crippen LogP) is 10.4. The zero-order valence-corrected chi connectivity index (χ0v) is 23.5. The van der Waals surface area contributed by atoms with E-state index < -0.39 is 0 Å². The Morgan fingerprint density at radius 2 is 0.909 bits per heavy atom. The van der Waals surface area contributed by atoms with Gasteiger partial charge in [0.05, 0.1) is 0 Å². The zero-order chi connectivity index (χ0) is 24.0. The monoisotopic (exact) mass is 462 g/mol. The Morgan fingerprint density at radius 3 is 1.33 bits per heavy atom. The van der Waals surface area contributed by atoms with Crippen molar-refractivity contribution >= 4 is 0 Å². The van der Waals surface area contributed by atoms with Crippen molar-refractivity contribution < 1.29 is 0 Å². The van der Waals surface area contributed by atoms with Crippen molar-refractivity contribution in [2.45, 2.75) is 181 Å². The van der Waals surface area contributed by atoms with Gasteiger partial charge in [0.2, 0.25) is 0 Å². The maximum Gasteiger partial charge on any atom is 0.101 e. The first-order valence-electron chi connectivity index (χ1n) is 15.4. The topological polar surface area (TPSA) is 6.48 Å². The van der Waals surface area contributed by atoms with Gasteiger partial charge in [-0.3, -0.25) is 0 Å². The Kier molecular flexibility index (Phi) is 20.1. The van der Waals surface area contributed by atoms with Crippen LogP contribution in [0.25, 0.3) is 0 Å². The molecule has 0 fully saturated rings. The summed E-state index contributed by atoms with van der Waals surface area (Å²) in [5.74, 6) is 0. The van der Waals surface area contributed by atoms with E-state index in [4.69, 9.17) is 0 Å². The van der Waals surface area contributed by atoms with Crippen LogP contribution in [-0.2, 0) is 0 Å². The van der Waals surface area contributed by atoms with Crippen LogP contribution in [0.2, 0.25) is 0 Å². The molecule has 0 spiro atoms. The second-order valence-corrected chi connectivity index (χ2v) is 11.1. The molecule has 2 heteroatoms. The lowest BCUT2D eigenvalue weighted by Gasteiger charge is -2.35. The molecule has 196 valence electrons. The third-order valence-corrected chi connectivity index (χ3v) is 7.59. The van der Waals surface area contributed by atoms with Gasteiger partial charge in [0, 0.05) is 25.0 Å². The molecule has 1 rings (SSSR count). The fraction of sp³-hybridized carbons (Fsp3) is 0.935. The average molecular weight is 463 g/mol. The van der Waals surface area contributed by atoms with Crippen LogP contribution in [0.5, 0.6) is 0 Å². The van der Waals surface area contributed by atoms with Gasteiger partial charge in [-0.05, 0) is 33.1 Å². The number of rotatable bonds is 24. The van der Waals surface area contributed by atoms with E-state index in [0.717, 1.165) is 0 Å². The quantitative estimate of drug-likeness (QED) is 0.132. The Bertz CT molecular complexity index is 431. The van der Waals surface area contributed by atoms with Crippen molar-refractivity contribution in [2.75, 3.05) is 6.54 Å². The van der Waals surface area contributed by atoms with Crippen LogP contribution in [0.4, 0.5) is 0 Å². The Hall–Kier alpha value is -0.660. The molecule has 0 N–H and O–H groups in total. The molecule has 0 aromatic carbocycles. The zero-order valence-electron chi connectivity index (χ0n) is 23.5. The third kappa shape index (κ3) is 15.8. The highest BCUT2D eigenvalue weighted by atomic mass is 15.4. The highest BCUT2D eigenvalue weighted by Gasteiger charge is 2.26. The van der Waals surface area contributed by atoms with Gasteiger partial charge < -0.3 is 9.80 Å². The summed E-state index contributed by atoms with van der Waals surface area (Å²) in [7, 11) is 0. The van der Waals surface area contributed by atoms with Crippen molar-refractivity contribution in [1.29, 1.82) is 0 Å². The van der Waals surface area contributed by atoms with Crippen molar-refractivity contribution in [1.82, 2.24) is 9.80 Å². The number of hydrogen-bond acceptors (Lipinski definition) is 2. The van der Waals surface area contributed by atoms with E-state index in [1.165, 1.54) is 148 Å². The van der Waals surface area contributed by atoms with Crippen LogP contribution in [0.15, 0.2) is 12.4 Å². The average Bonchev–Trinajstić information content (AvgIpc) is 3.21. The van der Waals surface area contributed by atoms with Gasteiger partial charge in [-0.2, -0.15) is 0 Å². The molecule has 1 aliphatic heterocycles. The van der Waals surface area contributed by atoms with E-state index >= 15 is 0 Å². The highest BCUT2D eigenvalue weighted by molar-refractivity contribution is 4.98. The SMILES string of the molecule is CCCCCCCCCCCCCCCCC1N(CCCCCCCCC)C=CN1C(C)C. The maximum absolute atomic E-state index is 2.65. The molecule has 1 aliphatic rings. The van der Waals surface area contributed by atoms with E-state index in [1.54, 1.807) is 0 Å². The number of nitrogens with zero attached hydrogens (tertiary/aromatic N) is 2. The summed E-state index contributed by atoms with van der Waals surface area (Å²) in [6.07, 6.45) is 36.8. The molecule has 0 bridgehead atoms. The molecule has 1 atom stereocenters. The standard InChI is InChI=1S/C31H62N2/c1-5-7-9-11-13-14-15-16-17-18-19-20-22-24-26-31-32(28-29-33(31)30(3)4)27-25-23-21-12-10-8-6-2/h28-31H,5-27H2,1-4H3. The lowest BCUT2D eigenvalue weighted by Crippen LogP contribution is -2.42. The lowest BCUT2D eigenvalue weighted by atomic mass is 10.0. The number of hydrogen-bond donors (Lipinski definition) is 0. The minimum absolute atomic E-state index is 0.608. The fourth-order valence-electron chi connectivity index (χ4n) is 5.36. The Morgan fingerprint density at radius 1 is 0.515 bits per heavy atom. The molecule has 0 saturated carbocycles. The molecule has 0 aromatic rings. The second kappa shape index (κ2) is 21.8. The Labute approximate surface area is 210 Å². The summed E-state index contributed by atoms with van der Waals surface area (Å²) in [6.45, 7) is 10.5. The van der Waals surface area contributed by atoms with E-state index in [0.29, 0.717) is 12.2 Å². The van der Waals surface area contributed by atoms with Gasteiger partial charge in [-0.1, -0.05) is 136 Å². The van der Waals surface area contributed by atoms with Crippen LogP contribution < -0.4 is 0 Å². The fourth-order valence-corrected chi connectivity index (χ4v) is 5.36. The molecular formula is C31H62N2. The van der Waals surface area contributed by atoms with Crippen LogP contribution in [0, 0.1) is 0 Å². The van der Waals surface area contributed by atoms with Gasteiger partial charge in [0.1, 0.15) is 6.17 Å². The molecule has 0 aromatic heterocycles. The predicted molar refractivity (Wildman–Crippen MR) is 150 cm³/mol. The molecule has 2 nitrogen and oxygen atoms in total. The molecule has 0 aliphatic carbocycles. The van der Waals surface area contributed by atoms with Crippen molar-refractivity contribution in [2.24, 2.45) is 0 Å². The maximum atomic E-state index is 2.65. The van der Waals surface area contributed by atoms with E-state index in [9.17, 15) is 0 Å². The molecule has 0 saturated heterocycles. The summed E-state index contributed by atoms with van der Waals surface area (Å²) in [6, 6.07) is 0.608. The molecule has 33 heavy (non-hydrogen) atoms. The molecule has 1 heterocycles. The summed E-state index contributed by atoms with van der Waals surface area (Å²) in [5.41, 5.74) is 0. The first-order chi connectivity index (χ1) is 16.2. The largest absolute Gasteiger partial charge is 0.356 e. The molecule has 0 radical (unpaired) electrons. The minimum atomic E-state index is 0.608. The third-order valence-electron chi connectivity index (χ3n) is 7.59.